The average Bonchev–Trinajstić information content (AvgIpc) is 3.06. The summed E-state index contributed by atoms with van der Waals surface area (Å²) < 4.78 is 4.97. The van der Waals surface area contributed by atoms with Crippen molar-refractivity contribution in [1.82, 2.24) is 5.32 Å². The maximum atomic E-state index is 11.7. The second-order valence-electron chi connectivity index (χ2n) is 5.34. The molecule has 2 rings (SSSR count). The highest BCUT2D eigenvalue weighted by molar-refractivity contribution is 5.96. The van der Waals surface area contributed by atoms with E-state index >= 15 is 0 Å². The van der Waals surface area contributed by atoms with Crippen LogP contribution >= 0.6 is 0 Å². The summed E-state index contributed by atoms with van der Waals surface area (Å²) in [6.45, 7) is -0.313. The van der Waals surface area contributed by atoms with Gasteiger partial charge >= 0.3 is 5.97 Å². The Morgan fingerprint density at radius 2 is 1.96 bits per heavy atom. The molecule has 2 amide bonds. The summed E-state index contributed by atoms with van der Waals surface area (Å²) in [4.78, 5) is 34.8. The number of amides is 2. The summed E-state index contributed by atoms with van der Waals surface area (Å²) in [5.41, 5.74) is 1.04. The molecular formula is C17H20N2O4. The summed E-state index contributed by atoms with van der Waals surface area (Å²) in [7, 11) is 1.55. The quantitative estimate of drug-likeness (QED) is 0.620. The SMILES string of the molecule is CNC(=O)c1ccc(NC(=O)COC(=O)C[C@H]2C=CCC2)cc1. The number of carbonyl (C=O) groups is 3. The van der Waals surface area contributed by atoms with Crippen LogP contribution in [-0.4, -0.2) is 31.4 Å². The minimum atomic E-state index is -0.409. The summed E-state index contributed by atoms with van der Waals surface area (Å²) in [6, 6.07) is 6.45. The lowest BCUT2D eigenvalue weighted by molar-refractivity contribution is -0.147. The number of allylic oxidation sites excluding steroid dienone is 2. The first kappa shape index (κ1) is 16.7. The molecule has 0 saturated heterocycles. The zero-order valence-corrected chi connectivity index (χ0v) is 13.0. The van der Waals surface area contributed by atoms with Crippen LogP contribution in [0.25, 0.3) is 0 Å². The number of rotatable bonds is 6. The molecular weight excluding hydrogens is 296 g/mol. The zero-order valence-electron chi connectivity index (χ0n) is 13.0. The van der Waals surface area contributed by atoms with E-state index < -0.39 is 5.91 Å². The molecule has 1 aliphatic carbocycles. The van der Waals surface area contributed by atoms with Crippen LogP contribution in [-0.2, 0) is 14.3 Å². The van der Waals surface area contributed by atoms with Crippen LogP contribution < -0.4 is 10.6 Å². The number of anilines is 1. The Morgan fingerprint density at radius 3 is 2.57 bits per heavy atom. The van der Waals surface area contributed by atoms with Crippen molar-refractivity contribution in [1.29, 1.82) is 0 Å². The van der Waals surface area contributed by atoms with Crippen LogP contribution in [0.5, 0.6) is 0 Å². The first-order chi connectivity index (χ1) is 11.1. The number of hydrogen-bond acceptors (Lipinski definition) is 4. The number of esters is 1. The Kier molecular flexibility index (Phi) is 5.91. The number of hydrogen-bond donors (Lipinski definition) is 2. The van der Waals surface area contributed by atoms with Gasteiger partial charge in [-0.3, -0.25) is 14.4 Å². The minimum absolute atomic E-state index is 0.197. The van der Waals surface area contributed by atoms with Crippen LogP contribution in [0, 0.1) is 5.92 Å². The van der Waals surface area contributed by atoms with Gasteiger partial charge in [-0.15, -0.1) is 0 Å². The number of benzene rings is 1. The summed E-state index contributed by atoms with van der Waals surface area (Å²) in [5, 5.41) is 5.13. The predicted molar refractivity (Wildman–Crippen MR) is 85.9 cm³/mol. The molecule has 0 unspecified atom stereocenters. The Hall–Kier alpha value is -2.63. The van der Waals surface area contributed by atoms with Gasteiger partial charge in [0.1, 0.15) is 0 Å². The molecule has 6 nitrogen and oxygen atoms in total. The molecule has 0 fully saturated rings. The average molecular weight is 316 g/mol. The molecule has 6 heteroatoms. The van der Waals surface area contributed by atoms with Gasteiger partial charge in [-0.05, 0) is 43.0 Å². The van der Waals surface area contributed by atoms with Crippen molar-refractivity contribution in [3.05, 3.63) is 42.0 Å². The third kappa shape index (κ3) is 5.25. The Bertz CT molecular complexity index is 608. The summed E-state index contributed by atoms with van der Waals surface area (Å²) in [5.74, 6) is -0.750. The minimum Gasteiger partial charge on any atom is -0.456 e. The van der Waals surface area contributed by atoms with Gasteiger partial charge in [-0.2, -0.15) is 0 Å². The fraction of sp³-hybridized carbons (Fsp3) is 0.353. The van der Waals surface area contributed by atoms with Crippen molar-refractivity contribution in [3.8, 4) is 0 Å². The van der Waals surface area contributed by atoms with E-state index in [0.717, 1.165) is 12.8 Å². The van der Waals surface area contributed by atoms with E-state index in [9.17, 15) is 14.4 Å². The van der Waals surface area contributed by atoms with Gasteiger partial charge in [0.15, 0.2) is 6.61 Å². The van der Waals surface area contributed by atoms with E-state index in [4.69, 9.17) is 4.74 Å². The van der Waals surface area contributed by atoms with Gasteiger partial charge in [0, 0.05) is 18.3 Å². The molecule has 23 heavy (non-hydrogen) atoms. The van der Waals surface area contributed by atoms with E-state index in [1.54, 1.807) is 31.3 Å². The summed E-state index contributed by atoms with van der Waals surface area (Å²) in [6.07, 6.45) is 6.32. The van der Waals surface area contributed by atoms with E-state index in [1.165, 1.54) is 0 Å². The lowest BCUT2D eigenvalue weighted by atomic mass is 10.1. The van der Waals surface area contributed by atoms with Crippen molar-refractivity contribution in [3.63, 3.8) is 0 Å². The molecule has 0 aromatic heterocycles. The molecule has 0 radical (unpaired) electrons. The molecule has 1 aromatic carbocycles. The van der Waals surface area contributed by atoms with Crippen LogP contribution in [0.4, 0.5) is 5.69 Å². The molecule has 0 spiro atoms. The topological polar surface area (TPSA) is 84.5 Å². The molecule has 122 valence electrons. The van der Waals surface area contributed by atoms with Crippen molar-refractivity contribution in [2.75, 3.05) is 19.0 Å². The maximum Gasteiger partial charge on any atom is 0.306 e. The van der Waals surface area contributed by atoms with Crippen LogP contribution in [0.2, 0.25) is 0 Å². The predicted octanol–water partition coefficient (Wildman–Crippen LogP) is 1.88. The zero-order chi connectivity index (χ0) is 16.7. The van der Waals surface area contributed by atoms with Gasteiger partial charge in [0.25, 0.3) is 11.8 Å². The molecule has 1 aliphatic rings. The van der Waals surface area contributed by atoms with E-state index in [0.29, 0.717) is 17.7 Å². The molecule has 1 atom stereocenters. The second-order valence-corrected chi connectivity index (χ2v) is 5.34. The molecule has 0 saturated carbocycles. The normalized spacial score (nSPS) is 16.0. The van der Waals surface area contributed by atoms with Crippen molar-refractivity contribution < 1.29 is 19.1 Å². The van der Waals surface area contributed by atoms with Gasteiger partial charge in [0.2, 0.25) is 0 Å². The Labute approximate surface area is 134 Å². The molecule has 0 aliphatic heterocycles. The number of nitrogens with one attached hydrogen (secondary N) is 2. The monoisotopic (exact) mass is 316 g/mol. The highest BCUT2D eigenvalue weighted by Gasteiger charge is 2.16. The Morgan fingerprint density at radius 1 is 1.22 bits per heavy atom. The van der Waals surface area contributed by atoms with Crippen molar-refractivity contribution in [2.24, 2.45) is 5.92 Å². The van der Waals surface area contributed by atoms with Gasteiger partial charge in [-0.1, -0.05) is 12.2 Å². The molecule has 2 N–H and O–H groups in total. The fourth-order valence-electron chi connectivity index (χ4n) is 2.33. The smallest absolute Gasteiger partial charge is 0.306 e. The Balaban J connectivity index is 1.74. The lowest BCUT2D eigenvalue weighted by Gasteiger charge is -2.09. The largest absolute Gasteiger partial charge is 0.456 e. The summed E-state index contributed by atoms with van der Waals surface area (Å²) >= 11 is 0. The fourth-order valence-corrected chi connectivity index (χ4v) is 2.33. The highest BCUT2D eigenvalue weighted by atomic mass is 16.5. The van der Waals surface area contributed by atoms with Gasteiger partial charge < -0.3 is 15.4 Å². The third-order valence-electron chi connectivity index (χ3n) is 3.56. The lowest BCUT2D eigenvalue weighted by Crippen LogP contribution is -2.22. The maximum absolute atomic E-state index is 11.7. The second kappa shape index (κ2) is 8.12. The van der Waals surface area contributed by atoms with Crippen LogP contribution in [0.15, 0.2) is 36.4 Å². The van der Waals surface area contributed by atoms with Gasteiger partial charge in [-0.25, -0.2) is 0 Å². The molecule has 1 aromatic rings. The van der Waals surface area contributed by atoms with E-state index in [-0.39, 0.29) is 24.4 Å². The number of carbonyl (C=O) groups excluding carboxylic acids is 3. The number of ether oxygens (including phenoxy) is 1. The van der Waals surface area contributed by atoms with Crippen molar-refractivity contribution in [2.45, 2.75) is 19.3 Å². The molecule has 0 bridgehead atoms. The highest BCUT2D eigenvalue weighted by Crippen LogP contribution is 2.20. The first-order valence-corrected chi connectivity index (χ1v) is 7.53. The van der Waals surface area contributed by atoms with Crippen molar-refractivity contribution >= 4 is 23.5 Å². The molecule has 0 heterocycles. The van der Waals surface area contributed by atoms with Gasteiger partial charge in [0.05, 0.1) is 6.42 Å². The van der Waals surface area contributed by atoms with E-state index in [2.05, 4.69) is 10.6 Å². The first-order valence-electron chi connectivity index (χ1n) is 7.53. The third-order valence-corrected chi connectivity index (χ3v) is 3.56. The standard InChI is InChI=1S/C17H20N2O4/c1-18-17(22)13-6-8-14(9-7-13)19-15(20)11-23-16(21)10-12-4-2-3-5-12/h2,4,6-9,12H,3,5,10-11H2,1H3,(H,18,22)(H,19,20)/t12-/m0/s1. The van der Waals surface area contributed by atoms with E-state index in [1.807, 2.05) is 12.2 Å². The van der Waals surface area contributed by atoms with Crippen LogP contribution in [0.3, 0.4) is 0 Å². The van der Waals surface area contributed by atoms with Crippen LogP contribution in [0.1, 0.15) is 29.6 Å².